The van der Waals surface area contributed by atoms with Gasteiger partial charge >= 0.3 is 6.03 Å². The summed E-state index contributed by atoms with van der Waals surface area (Å²) in [5.74, 6) is -0.274. The molecular weight excluding hydrogens is 394 g/mol. The Morgan fingerprint density at radius 1 is 1.19 bits per heavy atom. The number of nitriles is 1. The molecule has 1 aromatic heterocycles. The predicted octanol–water partition coefficient (Wildman–Crippen LogP) is 2.69. The quantitative estimate of drug-likeness (QED) is 0.660. The average molecular weight is 422 g/mol. The molecule has 0 radical (unpaired) electrons. The van der Waals surface area contributed by atoms with E-state index < -0.39 is 11.4 Å². The first-order chi connectivity index (χ1) is 15.0. The number of nitrogens with zero attached hydrogens (tertiary/aromatic N) is 4. The lowest BCUT2D eigenvalue weighted by Crippen LogP contribution is -2.66. The van der Waals surface area contributed by atoms with Gasteiger partial charge in [0, 0.05) is 17.9 Å². The Balaban J connectivity index is 1.51. The maximum absolute atomic E-state index is 12.7. The molecule has 3 amide bonds. The van der Waals surface area contributed by atoms with E-state index in [0.717, 1.165) is 31.4 Å². The van der Waals surface area contributed by atoms with Gasteiger partial charge in [0.15, 0.2) is 5.82 Å². The first-order valence-corrected chi connectivity index (χ1v) is 10.7. The highest BCUT2D eigenvalue weighted by Crippen LogP contribution is 2.34. The lowest BCUT2D eigenvalue weighted by Gasteiger charge is -2.49. The molecule has 2 aromatic rings. The van der Waals surface area contributed by atoms with Crippen LogP contribution in [0.15, 0.2) is 36.5 Å². The van der Waals surface area contributed by atoms with Crippen LogP contribution >= 0.6 is 0 Å². The Morgan fingerprint density at radius 3 is 2.55 bits per heavy atom. The molecule has 4 rings (SSSR count). The van der Waals surface area contributed by atoms with E-state index in [1.165, 1.54) is 6.42 Å². The van der Waals surface area contributed by atoms with Gasteiger partial charge in [-0.2, -0.15) is 10.4 Å². The van der Waals surface area contributed by atoms with Crippen LogP contribution in [0.5, 0.6) is 0 Å². The van der Waals surface area contributed by atoms with Crippen LogP contribution in [0.1, 0.15) is 48.9 Å². The van der Waals surface area contributed by atoms with Crippen molar-refractivity contribution in [1.82, 2.24) is 20.0 Å². The smallest absolute Gasteiger partial charge is 0.317 e. The lowest BCUT2D eigenvalue weighted by atomic mass is 9.87. The zero-order valence-corrected chi connectivity index (χ0v) is 17.4. The van der Waals surface area contributed by atoms with Gasteiger partial charge in [0.1, 0.15) is 11.1 Å². The molecule has 2 heterocycles. The Bertz CT molecular complexity index is 983. The van der Waals surface area contributed by atoms with E-state index >= 15 is 0 Å². The van der Waals surface area contributed by atoms with Crippen LogP contribution in [0.25, 0.3) is 0 Å². The third kappa shape index (κ3) is 4.33. The molecule has 1 aliphatic carbocycles. The molecule has 1 saturated carbocycles. The highest BCUT2D eigenvalue weighted by Gasteiger charge is 2.48. The van der Waals surface area contributed by atoms with Crippen molar-refractivity contribution in [2.45, 2.75) is 50.1 Å². The van der Waals surface area contributed by atoms with Crippen molar-refractivity contribution >= 4 is 23.4 Å². The average Bonchev–Trinajstić information content (AvgIpc) is 3.16. The Kier molecular flexibility index (Phi) is 5.80. The van der Waals surface area contributed by atoms with Crippen LogP contribution in [0.2, 0.25) is 0 Å². The molecule has 1 aromatic carbocycles. The molecule has 2 aliphatic rings. The minimum Gasteiger partial charge on any atom is -0.365 e. The summed E-state index contributed by atoms with van der Waals surface area (Å²) in [4.78, 5) is 26.4. The number of primary amides is 1. The van der Waals surface area contributed by atoms with Crippen molar-refractivity contribution < 1.29 is 9.59 Å². The highest BCUT2D eigenvalue weighted by molar-refractivity contribution is 5.98. The molecule has 1 aliphatic heterocycles. The lowest BCUT2D eigenvalue weighted by molar-refractivity contribution is 0.0331. The first kappa shape index (κ1) is 20.7. The van der Waals surface area contributed by atoms with Gasteiger partial charge in [0.2, 0.25) is 0 Å². The van der Waals surface area contributed by atoms with Crippen LogP contribution in [-0.4, -0.2) is 45.8 Å². The van der Waals surface area contributed by atoms with Gasteiger partial charge in [-0.25, -0.2) is 4.79 Å². The molecule has 0 bridgehead atoms. The van der Waals surface area contributed by atoms with Crippen LogP contribution in [0, 0.1) is 11.3 Å². The Hall–Kier alpha value is -3.54. The van der Waals surface area contributed by atoms with Gasteiger partial charge in [-0.1, -0.05) is 37.5 Å². The fraction of sp³-hybridized carbons (Fsp3) is 0.455. The summed E-state index contributed by atoms with van der Waals surface area (Å²) in [6.07, 6.45) is 7.28. The number of rotatable bonds is 6. The van der Waals surface area contributed by atoms with E-state index in [-0.39, 0.29) is 24.1 Å². The summed E-state index contributed by atoms with van der Waals surface area (Å²) in [5.41, 5.74) is 5.90. The second-order valence-electron chi connectivity index (χ2n) is 8.39. The van der Waals surface area contributed by atoms with Crippen molar-refractivity contribution in [2.24, 2.45) is 5.73 Å². The third-order valence-corrected chi connectivity index (χ3v) is 6.10. The molecule has 162 valence electrons. The van der Waals surface area contributed by atoms with E-state index in [1.807, 2.05) is 30.3 Å². The van der Waals surface area contributed by atoms with E-state index in [0.29, 0.717) is 18.9 Å². The number of aromatic nitrogens is 2. The summed E-state index contributed by atoms with van der Waals surface area (Å²) in [5, 5.41) is 20.2. The molecule has 1 saturated heterocycles. The number of urea groups is 1. The molecule has 31 heavy (non-hydrogen) atoms. The largest absolute Gasteiger partial charge is 0.365 e. The normalized spacial score (nSPS) is 18.0. The minimum atomic E-state index is -0.681. The summed E-state index contributed by atoms with van der Waals surface area (Å²) in [7, 11) is 0. The number of hydrogen-bond donors (Lipinski definition) is 3. The SMILES string of the molecule is N#CCC1(n2cc(C(N)=O)c(Nc3ccccc3)n2)CN(C(=O)NC2CCCCC2)C1. The standard InChI is InChI=1S/C22H27N7O2/c23-12-11-22(14-28(15-22)21(31)26-17-9-5-2-6-10-17)29-13-18(19(24)30)20(27-29)25-16-7-3-1-4-8-16/h1,3-4,7-8,13,17H,2,5-6,9-11,14-15H2,(H2,24,30)(H,25,27)(H,26,31). The molecule has 9 nitrogen and oxygen atoms in total. The monoisotopic (exact) mass is 421 g/mol. The summed E-state index contributed by atoms with van der Waals surface area (Å²) < 4.78 is 1.62. The Labute approximate surface area is 181 Å². The maximum atomic E-state index is 12.7. The number of hydrogen-bond acceptors (Lipinski definition) is 5. The van der Waals surface area contributed by atoms with Gasteiger partial charge in [0.25, 0.3) is 5.91 Å². The zero-order chi connectivity index (χ0) is 21.8. The number of para-hydroxylation sites is 1. The van der Waals surface area contributed by atoms with E-state index in [4.69, 9.17) is 5.73 Å². The maximum Gasteiger partial charge on any atom is 0.317 e. The van der Waals surface area contributed by atoms with Crippen molar-refractivity contribution in [3.05, 3.63) is 42.1 Å². The summed E-state index contributed by atoms with van der Waals surface area (Å²) in [6.45, 7) is 0.702. The van der Waals surface area contributed by atoms with Crippen LogP contribution in [-0.2, 0) is 5.54 Å². The molecule has 4 N–H and O–H groups in total. The number of nitrogens with one attached hydrogen (secondary N) is 2. The minimum absolute atomic E-state index is 0.106. The van der Waals surface area contributed by atoms with Gasteiger partial charge in [-0.05, 0) is 25.0 Å². The molecule has 0 atom stereocenters. The molecule has 0 spiro atoms. The van der Waals surface area contributed by atoms with Crippen molar-refractivity contribution in [1.29, 1.82) is 5.26 Å². The van der Waals surface area contributed by atoms with Crippen molar-refractivity contribution in [2.75, 3.05) is 18.4 Å². The van der Waals surface area contributed by atoms with Crippen molar-refractivity contribution in [3.8, 4) is 6.07 Å². The van der Waals surface area contributed by atoms with Gasteiger partial charge in [-0.3, -0.25) is 9.48 Å². The third-order valence-electron chi connectivity index (χ3n) is 6.10. The molecule has 0 unspecified atom stereocenters. The number of amides is 3. The van der Waals surface area contributed by atoms with Crippen molar-refractivity contribution in [3.63, 3.8) is 0 Å². The van der Waals surface area contributed by atoms with Crippen LogP contribution < -0.4 is 16.4 Å². The summed E-state index contributed by atoms with van der Waals surface area (Å²) in [6, 6.07) is 11.7. The second kappa shape index (κ2) is 8.68. The van der Waals surface area contributed by atoms with Gasteiger partial charge in [0.05, 0.1) is 25.6 Å². The summed E-state index contributed by atoms with van der Waals surface area (Å²) >= 11 is 0. The van der Waals surface area contributed by atoms with Gasteiger partial charge in [-0.15, -0.1) is 0 Å². The number of likely N-dealkylation sites (tertiary alicyclic amines) is 1. The fourth-order valence-corrected chi connectivity index (χ4v) is 4.35. The number of carbonyl (C=O) groups is 2. The highest BCUT2D eigenvalue weighted by atomic mass is 16.2. The predicted molar refractivity (Wildman–Crippen MR) is 116 cm³/mol. The fourth-order valence-electron chi connectivity index (χ4n) is 4.35. The molecule has 9 heteroatoms. The molecule has 2 fully saturated rings. The van der Waals surface area contributed by atoms with E-state index in [9.17, 15) is 14.9 Å². The molecular formula is C22H27N7O2. The topological polar surface area (TPSA) is 129 Å². The number of anilines is 2. The number of carbonyl (C=O) groups excluding carboxylic acids is 2. The number of nitrogens with two attached hydrogens (primary N) is 1. The van der Waals surface area contributed by atoms with Crippen LogP contribution in [0.4, 0.5) is 16.3 Å². The Morgan fingerprint density at radius 2 is 1.90 bits per heavy atom. The zero-order valence-electron chi connectivity index (χ0n) is 17.4. The number of benzene rings is 1. The van der Waals surface area contributed by atoms with Crippen LogP contribution in [0.3, 0.4) is 0 Å². The second-order valence-corrected chi connectivity index (χ2v) is 8.39. The van der Waals surface area contributed by atoms with E-state index in [1.54, 1.807) is 15.8 Å². The van der Waals surface area contributed by atoms with E-state index in [2.05, 4.69) is 21.8 Å². The van der Waals surface area contributed by atoms with Gasteiger partial charge < -0.3 is 21.3 Å². The first-order valence-electron chi connectivity index (χ1n) is 10.7.